The summed E-state index contributed by atoms with van der Waals surface area (Å²) in [7, 11) is 1.65. The van der Waals surface area contributed by atoms with Gasteiger partial charge in [0.1, 0.15) is 5.82 Å². The van der Waals surface area contributed by atoms with Crippen LogP contribution in [-0.4, -0.2) is 18.1 Å². The quantitative estimate of drug-likeness (QED) is 0.800. The number of pyridine rings is 1. The second-order valence-corrected chi connectivity index (χ2v) is 4.49. The number of nitrogens with zero attached hydrogens (tertiary/aromatic N) is 1. The molecule has 1 N–H and O–H groups in total. The topological polar surface area (TPSA) is 34.1 Å². The summed E-state index contributed by atoms with van der Waals surface area (Å²) in [5.74, 6) is 2.54. The van der Waals surface area contributed by atoms with Crippen molar-refractivity contribution < 1.29 is 4.74 Å². The third-order valence-corrected chi connectivity index (χ3v) is 3.09. The summed E-state index contributed by atoms with van der Waals surface area (Å²) in [6.07, 6.45) is 5.23. The first-order chi connectivity index (χ1) is 7.81. The normalized spacial score (nSPS) is 16.9. The number of aromatic nitrogens is 1. The van der Waals surface area contributed by atoms with Crippen molar-refractivity contribution in [3.63, 3.8) is 0 Å². The van der Waals surface area contributed by atoms with E-state index in [1.165, 1.54) is 19.3 Å². The van der Waals surface area contributed by atoms with E-state index in [4.69, 9.17) is 4.74 Å². The molecule has 1 saturated carbocycles. The lowest BCUT2D eigenvalue weighted by molar-refractivity contribution is 0.398. The standard InChI is InChI=1S/C13H20N2O/c1-3-11(9-10-7-8-10)14-12-5-4-6-13(15-12)16-2/h4-6,10-11H,3,7-9H2,1-2H3,(H,14,15). The molecule has 1 atom stereocenters. The van der Waals surface area contributed by atoms with Crippen LogP contribution >= 0.6 is 0 Å². The fourth-order valence-electron chi connectivity index (χ4n) is 1.90. The van der Waals surface area contributed by atoms with Crippen LogP contribution < -0.4 is 10.1 Å². The van der Waals surface area contributed by atoms with E-state index in [9.17, 15) is 0 Å². The van der Waals surface area contributed by atoms with Gasteiger partial charge in [-0.1, -0.05) is 25.8 Å². The molecule has 0 aromatic carbocycles. The van der Waals surface area contributed by atoms with E-state index < -0.39 is 0 Å². The van der Waals surface area contributed by atoms with Gasteiger partial charge in [-0.2, -0.15) is 4.98 Å². The summed E-state index contributed by atoms with van der Waals surface area (Å²) in [5, 5.41) is 3.48. The van der Waals surface area contributed by atoms with Gasteiger partial charge in [0.15, 0.2) is 0 Å². The number of anilines is 1. The molecular weight excluding hydrogens is 200 g/mol. The van der Waals surface area contributed by atoms with Crippen LogP contribution in [0, 0.1) is 5.92 Å². The first-order valence-corrected chi connectivity index (χ1v) is 6.09. The lowest BCUT2D eigenvalue weighted by Crippen LogP contribution is -2.19. The molecule has 0 bridgehead atoms. The Labute approximate surface area is 97.2 Å². The molecule has 1 fully saturated rings. The minimum absolute atomic E-state index is 0.548. The largest absolute Gasteiger partial charge is 0.481 e. The Kier molecular flexibility index (Phi) is 3.65. The highest BCUT2D eigenvalue weighted by molar-refractivity contribution is 5.38. The van der Waals surface area contributed by atoms with Gasteiger partial charge in [0, 0.05) is 12.1 Å². The van der Waals surface area contributed by atoms with Crippen LogP contribution in [0.5, 0.6) is 5.88 Å². The van der Waals surface area contributed by atoms with E-state index in [0.717, 1.165) is 18.2 Å². The molecule has 88 valence electrons. The fraction of sp³-hybridized carbons (Fsp3) is 0.615. The monoisotopic (exact) mass is 220 g/mol. The molecule has 0 aliphatic heterocycles. The molecule has 0 radical (unpaired) electrons. The first-order valence-electron chi connectivity index (χ1n) is 6.09. The fourth-order valence-corrected chi connectivity index (χ4v) is 1.90. The van der Waals surface area contributed by atoms with E-state index in [0.29, 0.717) is 11.9 Å². The molecule has 1 aromatic rings. The van der Waals surface area contributed by atoms with Gasteiger partial charge >= 0.3 is 0 Å². The third-order valence-electron chi connectivity index (χ3n) is 3.09. The number of rotatable bonds is 6. The molecule has 1 aliphatic rings. The highest BCUT2D eigenvalue weighted by Crippen LogP contribution is 2.34. The minimum atomic E-state index is 0.548. The van der Waals surface area contributed by atoms with E-state index in [1.54, 1.807) is 7.11 Å². The molecule has 2 rings (SSSR count). The number of ether oxygens (including phenoxy) is 1. The highest BCUT2D eigenvalue weighted by Gasteiger charge is 2.24. The summed E-state index contributed by atoms with van der Waals surface area (Å²) in [4.78, 5) is 4.37. The van der Waals surface area contributed by atoms with Gasteiger partial charge in [-0.15, -0.1) is 0 Å². The average molecular weight is 220 g/mol. The van der Waals surface area contributed by atoms with Gasteiger partial charge in [-0.3, -0.25) is 0 Å². The number of hydrogen-bond donors (Lipinski definition) is 1. The van der Waals surface area contributed by atoms with Crippen molar-refractivity contribution in [2.75, 3.05) is 12.4 Å². The summed E-state index contributed by atoms with van der Waals surface area (Å²) in [5.41, 5.74) is 0. The summed E-state index contributed by atoms with van der Waals surface area (Å²) in [6.45, 7) is 2.22. The predicted molar refractivity (Wildman–Crippen MR) is 65.8 cm³/mol. The molecule has 0 spiro atoms. The predicted octanol–water partition coefficient (Wildman–Crippen LogP) is 3.08. The van der Waals surface area contributed by atoms with Gasteiger partial charge in [0.25, 0.3) is 0 Å². The van der Waals surface area contributed by atoms with Crippen molar-refractivity contribution in [1.82, 2.24) is 4.98 Å². The van der Waals surface area contributed by atoms with E-state index in [-0.39, 0.29) is 0 Å². The maximum absolute atomic E-state index is 5.11. The Morgan fingerprint density at radius 2 is 2.31 bits per heavy atom. The maximum atomic E-state index is 5.11. The van der Waals surface area contributed by atoms with E-state index >= 15 is 0 Å². The lowest BCUT2D eigenvalue weighted by atomic mass is 10.1. The van der Waals surface area contributed by atoms with Crippen molar-refractivity contribution in [3.8, 4) is 5.88 Å². The summed E-state index contributed by atoms with van der Waals surface area (Å²) < 4.78 is 5.11. The van der Waals surface area contributed by atoms with Gasteiger partial charge in [-0.05, 0) is 24.8 Å². The van der Waals surface area contributed by atoms with Gasteiger partial charge in [0.05, 0.1) is 7.11 Å². The zero-order valence-corrected chi connectivity index (χ0v) is 10.1. The second kappa shape index (κ2) is 5.19. The Morgan fingerprint density at radius 3 is 2.94 bits per heavy atom. The van der Waals surface area contributed by atoms with Crippen LogP contribution in [0.2, 0.25) is 0 Å². The number of methoxy groups -OCH3 is 1. The molecule has 1 aromatic heterocycles. The summed E-state index contributed by atoms with van der Waals surface area (Å²) >= 11 is 0. The highest BCUT2D eigenvalue weighted by atomic mass is 16.5. The van der Waals surface area contributed by atoms with Crippen molar-refractivity contribution >= 4 is 5.82 Å². The number of hydrogen-bond acceptors (Lipinski definition) is 3. The van der Waals surface area contributed by atoms with Crippen LogP contribution in [0.3, 0.4) is 0 Å². The smallest absolute Gasteiger partial charge is 0.214 e. The van der Waals surface area contributed by atoms with Crippen LogP contribution in [0.4, 0.5) is 5.82 Å². The Balaban J connectivity index is 1.94. The minimum Gasteiger partial charge on any atom is -0.481 e. The Morgan fingerprint density at radius 1 is 1.50 bits per heavy atom. The van der Waals surface area contributed by atoms with Crippen LogP contribution in [0.25, 0.3) is 0 Å². The van der Waals surface area contributed by atoms with Gasteiger partial charge in [-0.25, -0.2) is 0 Å². The van der Waals surface area contributed by atoms with Gasteiger partial charge in [0.2, 0.25) is 5.88 Å². The Hall–Kier alpha value is -1.25. The molecule has 16 heavy (non-hydrogen) atoms. The van der Waals surface area contributed by atoms with Crippen LogP contribution in [0.1, 0.15) is 32.6 Å². The lowest BCUT2D eigenvalue weighted by Gasteiger charge is -2.17. The van der Waals surface area contributed by atoms with Gasteiger partial charge < -0.3 is 10.1 Å². The molecule has 0 amide bonds. The average Bonchev–Trinajstić information content (AvgIpc) is 3.12. The molecule has 3 heteroatoms. The first kappa shape index (κ1) is 11.2. The molecule has 1 heterocycles. The number of nitrogens with one attached hydrogen (secondary N) is 1. The van der Waals surface area contributed by atoms with Crippen molar-refractivity contribution in [2.24, 2.45) is 5.92 Å². The SMILES string of the molecule is CCC(CC1CC1)Nc1cccc(OC)n1. The second-order valence-electron chi connectivity index (χ2n) is 4.49. The van der Waals surface area contributed by atoms with Crippen molar-refractivity contribution in [1.29, 1.82) is 0 Å². The summed E-state index contributed by atoms with van der Waals surface area (Å²) in [6, 6.07) is 6.38. The van der Waals surface area contributed by atoms with Crippen LogP contribution in [0.15, 0.2) is 18.2 Å². The molecular formula is C13H20N2O. The zero-order valence-electron chi connectivity index (χ0n) is 10.1. The van der Waals surface area contributed by atoms with Crippen molar-refractivity contribution in [3.05, 3.63) is 18.2 Å². The third kappa shape index (κ3) is 3.12. The molecule has 3 nitrogen and oxygen atoms in total. The van der Waals surface area contributed by atoms with E-state index in [1.807, 2.05) is 18.2 Å². The molecule has 1 unspecified atom stereocenters. The zero-order chi connectivity index (χ0) is 11.4. The molecule has 1 aliphatic carbocycles. The Bertz CT molecular complexity index is 336. The van der Waals surface area contributed by atoms with E-state index in [2.05, 4.69) is 17.2 Å². The molecule has 0 saturated heterocycles. The van der Waals surface area contributed by atoms with Crippen LogP contribution in [-0.2, 0) is 0 Å². The van der Waals surface area contributed by atoms with Crippen molar-refractivity contribution in [2.45, 2.75) is 38.6 Å². The maximum Gasteiger partial charge on any atom is 0.214 e.